The molecule has 132 valence electrons. The van der Waals surface area contributed by atoms with Crippen LogP contribution in [0.4, 0.5) is 0 Å². The van der Waals surface area contributed by atoms with Gasteiger partial charge in [-0.05, 0) is 36.4 Å². The van der Waals surface area contributed by atoms with Crippen molar-refractivity contribution in [3.05, 3.63) is 60.2 Å². The van der Waals surface area contributed by atoms with Crippen molar-refractivity contribution in [3.8, 4) is 17.0 Å². The van der Waals surface area contributed by atoms with Crippen molar-refractivity contribution in [1.82, 2.24) is 15.6 Å². The molecule has 2 aromatic carbocycles. The molecular formula is C20H19N3O3. The van der Waals surface area contributed by atoms with Crippen molar-refractivity contribution in [2.75, 3.05) is 20.7 Å². The summed E-state index contributed by atoms with van der Waals surface area (Å²) < 4.78 is 5.18. The van der Waals surface area contributed by atoms with Gasteiger partial charge in [0.2, 0.25) is 5.91 Å². The third-order valence-electron chi connectivity index (χ3n) is 4.03. The first-order valence-corrected chi connectivity index (χ1v) is 8.15. The second-order valence-corrected chi connectivity index (χ2v) is 5.66. The van der Waals surface area contributed by atoms with Crippen LogP contribution in [0.5, 0.6) is 5.75 Å². The number of nitrogens with zero attached hydrogens (tertiary/aromatic N) is 1. The molecule has 0 saturated carbocycles. The van der Waals surface area contributed by atoms with E-state index in [-0.39, 0.29) is 18.4 Å². The van der Waals surface area contributed by atoms with Crippen molar-refractivity contribution in [1.29, 1.82) is 0 Å². The van der Waals surface area contributed by atoms with Crippen LogP contribution in [0.3, 0.4) is 0 Å². The van der Waals surface area contributed by atoms with Gasteiger partial charge < -0.3 is 15.4 Å². The number of carbonyl (C=O) groups is 2. The minimum Gasteiger partial charge on any atom is -0.497 e. The Balaban J connectivity index is 2.03. The van der Waals surface area contributed by atoms with Crippen LogP contribution in [0.2, 0.25) is 0 Å². The minimum absolute atomic E-state index is 0.0795. The highest BCUT2D eigenvalue weighted by Crippen LogP contribution is 2.26. The van der Waals surface area contributed by atoms with Crippen LogP contribution in [0.25, 0.3) is 22.2 Å². The topological polar surface area (TPSA) is 80.3 Å². The number of methoxy groups -OCH3 is 1. The lowest BCUT2D eigenvalue weighted by Crippen LogP contribution is -2.35. The van der Waals surface area contributed by atoms with Crippen LogP contribution in [-0.2, 0) is 4.79 Å². The van der Waals surface area contributed by atoms with Crippen molar-refractivity contribution >= 4 is 22.7 Å². The number of hydrogen-bond acceptors (Lipinski definition) is 4. The third kappa shape index (κ3) is 3.64. The van der Waals surface area contributed by atoms with Crippen molar-refractivity contribution in [2.45, 2.75) is 0 Å². The molecule has 3 rings (SSSR count). The molecule has 0 aliphatic carbocycles. The van der Waals surface area contributed by atoms with Gasteiger partial charge in [0, 0.05) is 18.0 Å². The van der Waals surface area contributed by atoms with E-state index in [4.69, 9.17) is 4.74 Å². The number of rotatable bonds is 5. The number of ether oxygens (including phenoxy) is 1. The summed E-state index contributed by atoms with van der Waals surface area (Å²) in [6.45, 7) is -0.0795. The van der Waals surface area contributed by atoms with E-state index < -0.39 is 0 Å². The largest absolute Gasteiger partial charge is 0.497 e. The van der Waals surface area contributed by atoms with E-state index in [1.54, 1.807) is 13.2 Å². The zero-order chi connectivity index (χ0) is 18.5. The number of benzene rings is 2. The molecule has 1 aromatic heterocycles. The number of pyridine rings is 1. The Hall–Kier alpha value is -3.41. The molecule has 2 amide bonds. The average Bonchev–Trinajstić information content (AvgIpc) is 2.70. The Kier molecular flexibility index (Phi) is 5.12. The van der Waals surface area contributed by atoms with Gasteiger partial charge in [0.25, 0.3) is 5.91 Å². The lowest BCUT2D eigenvalue weighted by atomic mass is 10.0. The Bertz CT molecular complexity index is 952. The Morgan fingerprint density at radius 2 is 1.81 bits per heavy atom. The normalized spacial score (nSPS) is 10.4. The number of likely N-dealkylation sites (N-methyl/N-ethyl adjacent to an activating group) is 1. The highest BCUT2D eigenvalue weighted by atomic mass is 16.5. The lowest BCUT2D eigenvalue weighted by Gasteiger charge is -2.11. The van der Waals surface area contributed by atoms with Crippen molar-refractivity contribution in [2.24, 2.45) is 0 Å². The first kappa shape index (κ1) is 17.4. The number of fused-ring (bicyclic) bond motifs is 1. The maximum absolute atomic E-state index is 12.6. The fraction of sp³-hybridized carbons (Fsp3) is 0.150. The molecule has 0 aliphatic heterocycles. The van der Waals surface area contributed by atoms with Crippen LogP contribution < -0.4 is 15.4 Å². The molecule has 6 heteroatoms. The highest BCUT2D eigenvalue weighted by molar-refractivity contribution is 6.08. The predicted octanol–water partition coefficient (Wildman–Crippen LogP) is 2.39. The smallest absolute Gasteiger partial charge is 0.252 e. The van der Waals surface area contributed by atoms with Gasteiger partial charge in [-0.25, -0.2) is 4.98 Å². The van der Waals surface area contributed by atoms with Crippen molar-refractivity contribution in [3.63, 3.8) is 0 Å². The number of nitrogens with one attached hydrogen (secondary N) is 2. The summed E-state index contributed by atoms with van der Waals surface area (Å²) in [6.07, 6.45) is 0. The van der Waals surface area contributed by atoms with Gasteiger partial charge >= 0.3 is 0 Å². The lowest BCUT2D eigenvalue weighted by molar-refractivity contribution is -0.119. The molecule has 1 heterocycles. The molecule has 0 bridgehead atoms. The summed E-state index contributed by atoms with van der Waals surface area (Å²) in [5, 5.41) is 5.85. The van der Waals surface area contributed by atoms with Gasteiger partial charge in [0.15, 0.2) is 0 Å². The zero-order valence-corrected chi connectivity index (χ0v) is 14.6. The molecule has 3 aromatic rings. The highest BCUT2D eigenvalue weighted by Gasteiger charge is 2.14. The fourth-order valence-electron chi connectivity index (χ4n) is 2.62. The number of carbonyl (C=O) groups excluding carboxylic acids is 2. The number of hydrogen-bond donors (Lipinski definition) is 2. The monoisotopic (exact) mass is 349 g/mol. The first-order valence-electron chi connectivity index (χ1n) is 8.15. The molecule has 0 saturated heterocycles. The summed E-state index contributed by atoms with van der Waals surface area (Å²) in [5.74, 6) is 0.173. The quantitative estimate of drug-likeness (QED) is 0.741. The van der Waals surface area contributed by atoms with Gasteiger partial charge in [0.1, 0.15) is 5.75 Å². The maximum atomic E-state index is 12.6. The summed E-state index contributed by atoms with van der Waals surface area (Å²) in [7, 11) is 3.14. The van der Waals surface area contributed by atoms with Crippen LogP contribution in [0, 0.1) is 0 Å². The predicted molar refractivity (Wildman–Crippen MR) is 100 cm³/mol. The first-order chi connectivity index (χ1) is 12.6. The van der Waals surface area contributed by atoms with Crippen LogP contribution >= 0.6 is 0 Å². The minimum atomic E-state index is -0.318. The summed E-state index contributed by atoms with van der Waals surface area (Å²) in [4.78, 5) is 28.7. The molecule has 26 heavy (non-hydrogen) atoms. The van der Waals surface area contributed by atoms with E-state index >= 15 is 0 Å². The van der Waals surface area contributed by atoms with Crippen molar-refractivity contribution < 1.29 is 14.3 Å². The van der Waals surface area contributed by atoms with E-state index in [0.29, 0.717) is 16.8 Å². The molecule has 0 aliphatic rings. The molecule has 2 N–H and O–H groups in total. The van der Waals surface area contributed by atoms with E-state index in [2.05, 4.69) is 15.6 Å². The molecule has 0 spiro atoms. The number of amides is 2. The second kappa shape index (κ2) is 7.65. The number of aromatic nitrogens is 1. The third-order valence-corrected chi connectivity index (χ3v) is 4.03. The summed E-state index contributed by atoms with van der Waals surface area (Å²) in [6, 6.07) is 16.6. The van der Waals surface area contributed by atoms with E-state index in [1.165, 1.54) is 7.05 Å². The Morgan fingerprint density at radius 3 is 2.50 bits per heavy atom. The van der Waals surface area contributed by atoms with Gasteiger partial charge in [-0.2, -0.15) is 0 Å². The van der Waals surface area contributed by atoms with E-state index in [9.17, 15) is 9.59 Å². The fourth-order valence-corrected chi connectivity index (χ4v) is 2.62. The molecule has 0 unspecified atom stereocenters. The standard InChI is InChI=1S/C20H19N3O3/c1-21-19(24)12-22-20(25)16-11-18(13-7-9-14(26-2)10-8-13)23-17-6-4-3-5-15(16)17/h3-11H,12H2,1-2H3,(H,21,24)(H,22,25). The Labute approximate surface area is 151 Å². The van der Waals surface area contributed by atoms with Crippen LogP contribution in [0.15, 0.2) is 54.6 Å². The summed E-state index contributed by atoms with van der Waals surface area (Å²) >= 11 is 0. The second-order valence-electron chi connectivity index (χ2n) is 5.66. The molecular weight excluding hydrogens is 330 g/mol. The zero-order valence-electron chi connectivity index (χ0n) is 14.6. The van der Waals surface area contributed by atoms with Crippen LogP contribution in [-0.4, -0.2) is 37.5 Å². The molecule has 0 radical (unpaired) electrons. The number of para-hydroxylation sites is 1. The van der Waals surface area contributed by atoms with Crippen LogP contribution in [0.1, 0.15) is 10.4 Å². The van der Waals surface area contributed by atoms with Gasteiger partial charge in [-0.1, -0.05) is 18.2 Å². The SMILES string of the molecule is CNC(=O)CNC(=O)c1cc(-c2ccc(OC)cc2)nc2ccccc12. The summed E-state index contributed by atoms with van der Waals surface area (Å²) in [5.41, 5.74) is 2.74. The van der Waals surface area contributed by atoms with Gasteiger partial charge in [-0.15, -0.1) is 0 Å². The molecule has 0 atom stereocenters. The van der Waals surface area contributed by atoms with Gasteiger partial charge in [0.05, 0.1) is 30.4 Å². The maximum Gasteiger partial charge on any atom is 0.252 e. The van der Waals surface area contributed by atoms with E-state index in [0.717, 1.165) is 16.7 Å². The average molecular weight is 349 g/mol. The van der Waals surface area contributed by atoms with E-state index in [1.807, 2.05) is 48.5 Å². The van der Waals surface area contributed by atoms with Gasteiger partial charge in [-0.3, -0.25) is 9.59 Å². The molecule has 0 fully saturated rings. The molecule has 6 nitrogen and oxygen atoms in total. The Morgan fingerprint density at radius 1 is 1.08 bits per heavy atom.